The quantitative estimate of drug-likeness (QED) is 0.480. The highest BCUT2D eigenvalue weighted by Gasteiger charge is 2.46. The van der Waals surface area contributed by atoms with E-state index in [4.69, 9.17) is 9.72 Å². The summed E-state index contributed by atoms with van der Waals surface area (Å²) in [6, 6.07) is 15.6. The number of benzene rings is 2. The molecule has 5 heterocycles. The number of likely N-dealkylation sites (tertiary alicyclic amines) is 1. The number of aromatic hydroxyl groups is 1. The Hall–Kier alpha value is -3.09. The van der Waals surface area contributed by atoms with Crippen LogP contribution in [0.5, 0.6) is 11.6 Å². The smallest absolute Gasteiger partial charge is 0.232 e. The van der Waals surface area contributed by atoms with Gasteiger partial charge in [0.15, 0.2) is 0 Å². The molecule has 3 fully saturated rings. The molecule has 9 heteroatoms. The number of piperazine rings is 1. The number of rotatable bonds is 5. The van der Waals surface area contributed by atoms with Crippen molar-refractivity contribution in [3.8, 4) is 17.7 Å². The zero-order valence-electron chi connectivity index (χ0n) is 22.9. The van der Waals surface area contributed by atoms with Crippen LogP contribution in [0.15, 0.2) is 42.6 Å². The highest BCUT2D eigenvalue weighted by molar-refractivity contribution is 5.96. The maximum atomic E-state index is 10.8. The van der Waals surface area contributed by atoms with Crippen LogP contribution in [0, 0.1) is 11.3 Å². The Balaban J connectivity index is 0.00000289. The molecule has 2 aromatic carbocycles. The Kier molecular flexibility index (Phi) is 7.49. The van der Waals surface area contributed by atoms with Gasteiger partial charge >= 0.3 is 0 Å². The average molecular weight is 561 g/mol. The van der Waals surface area contributed by atoms with E-state index in [1.54, 1.807) is 0 Å². The third-order valence-corrected chi connectivity index (χ3v) is 9.39. The monoisotopic (exact) mass is 560 g/mol. The summed E-state index contributed by atoms with van der Waals surface area (Å²) in [6.07, 6.45) is 7.16. The molecule has 8 nitrogen and oxygen atoms in total. The molecular weight excluding hydrogens is 524 g/mol. The van der Waals surface area contributed by atoms with E-state index in [-0.39, 0.29) is 24.3 Å². The molecule has 3 aromatic rings. The number of hydrogen-bond acceptors (Lipinski definition) is 8. The van der Waals surface area contributed by atoms with Gasteiger partial charge in [-0.25, -0.2) is 4.98 Å². The summed E-state index contributed by atoms with van der Waals surface area (Å²) < 4.78 is 6.32. The van der Waals surface area contributed by atoms with Gasteiger partial charge in [0, 0.05) is 66.7 Å². The maximum Gasteiger partial charge on any atom is 0.232 e. The first-order valence-corrected chi connectivity index (χ1v) is 14.3. The first-order valence-electron chi connectivity index (χ1n) is 14.3. The van der Waals surface area contributed by atoms with Crippen LogP contribution in [-0.2, 0) is 6.42 Å². The molecule has 0 amide bonds. The average Bonchev–Trinajstić information content (AvgIpc) is 3.47. The number of nitrogens with one attached hydrogen (secondary N) is 1. The Morgan fingerprint density at radius 2 is 1.93 bits per heavy atom. The summed E-state index contributed by atoms with van der Waals surface area (Å²) in [7, 11) is 2.14. The second kappa shape index (κ2) is 11.1. The van der Waals surface area contributed by atoms with Gasteiger partial charge in [-0.3, -0.25) is 4.90 Å². The van der Waals surface area contributed by atoms with E-state index in [1.807, 2.05) is 24.4 Å². The lowest BCUT2D eigenvalue weighted by molar-refractivity contribution is 0.0907. The molecule has 4 aliphatic rings. The first kappa shape index (κ1) is 27.1. The van der Waals surface area contributed by atoms with Gasteiger partial charge in [0.25, 0.3) is 0 Å². The molecule has 2 N–H and O–H groups in total. The van der Waals surface area contributed by atoms with Crippen LogP contribution in [-0.4, -0.2) is 77.8 Å². The zero-order valence-corrected chi connectivity index (χ0v) is 23.7. The van der Waals surface area contributed by atoms with Crippen molar-refractivity contribution in [2.45, 2.75) is 56.4 Å². The molecule has 0 radical (unpaired) electrons. The van der Waals surface area contributed by atoms with Crippen LogP contribution in [0.2, 0.25) is 0 Å². The number of hydrogen-bond donors (Lipinski definition) is 2. The summed E-state index contributed by atoms with van der Waals surface area (Å²) in [5.74, 6) is 0.711. The van der Waals surface area contributed by atoms with Crippen LogP contribution in [0.3, 0.4) is 0 Å². The number of likely N-dealkylation sites (N-methyl/N-ethyl adjacent to an activating group) is 1. The van der Waals surface area contributed by atoms with Gasteiger partial charge in [-0.1, -0.05) is 24.3 Å². The van der Waals surface area contributed by atoms with Gasteiger partial charge in [-0.05, 0) is 62.7 Å². The maximum absolute atomic E-state index is 10.8. The highest BCUT2D eigenvalue weighted by Crippen LogP contribution is 2.47. The van der Waals surface area contributed by atoms with E-state index in [0.717, 1.165) is 79.4 Å². The molecular formula is C31H37ClN6O2. The number of halogens is 1. The Bertz CT molecular complexity index is 1430. The molecule has 2 bridgehead atoms. The minimum absolute atomic E-state index is 0. The predicted molar refractivity (Wildman–Crippen MR) is 158 cm³/mol. The van der Waals surface area contributed by atoms with E-state index in [2.05, 4.69) is 51.3 Å². The van der Waals surface area contributed by atoms with Crippen LogP contribution in [0.25, 0.3) is 10.8 Å². The highest BCUT2D eigenvalue weighted by atomic mass is 35.5. The molecule has 0 spiro atoms. The molecule has 7 rings (SSSR count). The van der Waals surface area contributed by atoms with Gasteiger partial charge in [0.2, 0.25) is 5.88 Å². The van der Waals surface area contributed by atoms with Crippen LogP contribution >= 0.6 is 12.4 Å². The number of nitrogens with zero attached hydrogens (tertiary/aromatic N) is 5. The second-order valence-electron chi connectivity index (χ2n) is 11.6. The molecule has 1 aromatic heterocycles. The van der Waals surface area contributed by atoms with Crippen molar-refractivity contribution >= 4 is 28.9 Å². The lowest BCUT2D eigenvalue weighted by Crippen LogP contribution is -2.58. The Labute approximate surface area is 241 Å². The summed E-state index contributed by atoms with van der Waals surface area (Å²) in [5.41, 5.74) is 3.72. The van der Waals surface area contributed by atoms with E-state index in [0.29, 0.717) is 36.2 Å². The number of aromatic nitrogens is 1. The fraction of sp³-hybridized carbons (Fsp3) is 0.484. The zero-order chi connectivity index (χ0) is 26.5. The number of nitriles is 1. The minimum atomic E-state index is -0.132. The lowest BCUT2D eigenvalue weighted by Gasteiger charge is -2.49. The Morgan fingerprint density at radius 3 is 2.67 bits per heavy atom. The van der Waals surface area contributed by atoms with Crippen LogP contribution in [0.4, 0.5) is 5.69 Å². The topological polar surface area (TPSA) is 87.9 Å². The van der Waals surface area contributed by atoms with E-state index in [9.17, 15) is 10.4 Å². The fourth-order valence-corrected chi connectivity index (χ4v) is 7.43. The van der Waals surface area contributed by atoms with Crippen LogP contribution < -0.4 is 15.0 Å². The predicted octanol–water partition coefficient (Wildman–Crippen LogP) is 4.20. The summed E-state index contributed by atoms with van der Waals surface area (Å²) in [5, 5.41) is 27.1. The van der Waals surface area contributed by atoms with Gasteiger partial charge < -0.3 is 25.0 Å². The molecule has 4 aliphatic heterocycles. The van der Waals surface area contributed by atoms with E-state index in [1.165, 1.54) is 6.42 Å². The van der Waals surface area contributed by atoms with Gasteiger partial charge in [-0.2, -0.15) is 5.26 Å². The summed E-state index contributed by atoms with van der Waals surface area (Å²) >= 11 is 0. The van der Waals surface area contributed by atoms with E-state index >= 15 is 0 Å². The third kappa shape index (κ3) is 4.55. The number of anilines is 1. The van der Waals surface area contributed by atoms with Crippen molar-refractivity contribution in [1.29, 1.82) is 5.26 Å². The standard InChI is InChI=1S/C31H36N6O2.ClH/c1-35-11-4-6-24(35)19-39-30-27(15-32)29-21(16-34-30)10-12-36(31(29)37-22-8-9-23(37)18-33-17-22)28-14-25(38)13-20-5-2-3-7-26(20)28;/h2-3,5,7,13-14,16,22-24,31,33,38H,4,6,8-12,17-19H2,1H3;1H/t22-,23+,24-,31?;/m0./s1. The summed E-state index contributed by atoms with van der Waals surface area (Å²) in [6.45, 7) is 4.30. The third-order valence-electron chi connectivity index (χ3n) is 9.39. The number of fused-ring (bicyclic) bond motifs is 4. The lowest BCUT2D eigenvalue weighted by atomic mass is 9.91. The number of pyridine rings is 1. The normalized spacial score (nSPS) is 26.4. The van der Waals surface area contributed by atoms with Crippen molar-refractivity contribution < 1.29 is 9.84 Å². The number of ether oxygens (including phenoxy) is 1. The minimum Gasteiger partial charge on any atom is -0.508 e. The molecule has 0 saturated carbocycles. The first-order chi connectivity index (χ1) is 19.1. The number of phenols is 1. The molecule has 3 saturated heterocycles. The van der Waals surface area contributed by atoms with E-state index < -0.39 is 0 Å². The van der Waals surface area contributed by atoms with Crippen LogP contribution in [0.1, 0.15) is 48.5 Å². The number of phenolic OH excluding ortho intramolecular Hbond substituents is 1. The van der Waals surface area contributed by atoms with Gasteiger partial charge in [0.05, 0.1) is 0 Å². The molecule has 4 atom stereocenters. The van der Waals surface area contributed by atoms with Crippen molar-refractivity contribution in [3.05, 3.63) is 59.3 Å². The fourth-order valence-electron chi connectivity index (χ4n) is 7.43. The molecule has 210 valence electrons. The van der Waals surface area contributed by atoms with Crippen molar-refractivity contribution in [3.63, 3.8) is 0 Å². The van der Waals surface area contributed by atoms with Gasteiger partial charge in [-0.15, -0.1) is 12.4 Å². The van der Waals surface area contributed by atoms with Crippen molar-refractivity contribution in [2.75, 3.05) is 44.7 Å². The molecule has 40 heavy (non-hydrogen) atoms. The SMILES string of the molecule is CN1CCC[C@H]1COc1ncc2c(c1C#N)C(N1[C@@H]3CC[C@H]1CNC3)N(c1cc(O)cc3ccccc13)CC2.Cl. The van der Waals surface area contributed by atoms with Gasteiger partial charge in [0.1, 0.15) is 30.2 Å². The molecule has 1 unspecified atom stereocenters. The summed E-state index contributed by atoms with van der Waals surface area (Å²) in [4.78, 5) is 12.1. The molecule has 0 aliphatic carbocycles. The largest absolute Gasteiger partial charge is 0.508 e. The second-order valence-corrected chi connectivity index (χ2v) is 11.6. The van der Waals surface area contributed by atoms with Crippen molar-refractivity contribution in [1.82, 2.24) is 20.1 Å². The van der Waals surface area contributed by atoms with Crippen molar-refractivity contribution in [2.24, 2.45) is 0 Å². The Morgan fingerprint density at radius 1 is 1.12 bits per heavy atom.